The summed E-state index contributed by atoms with van der Waals surface area (Å²) in [5.74, 6) is -6.69. The van der Waals surface area contributed by atoms with Gasteiger partial charge in [-0.3, -0.25) is 9.59 Å². The van der Waals surface area contributed by atoms with E-state index in [2.05, 4.69) is 31.3 Å². The molecule has 0 saturated carbocycles. The van der Waals surface area contributed by atoms with Crippen molar-refractivity contribution in [2.45, 2.75) is 87.5 Å². The van der Waals surface area contributed by atoms with E-state index in [1.807, 2.05) is 0 Å². The van der Waals surface area contributed by atoms with Crippen molar-refractivity contribution in [2.24, 2.45) is 32.9 Å². The predicted molar refractivity (Wildman–Crippen MR) is 212 cm³/mol. The lowest BCUT2D eigenvalue weighted by Gasteiger charge is -2.39. The first-order valence-electron chi connectivity index (χ1n) is 18.7. The van der Waals surface area contributed by atoms with Crippen LogP contribution in [0.15, 0.2) is 57.9 Å². The van der Waals surface area contributed by atoms with Crippen molar-refractivity contribution in [3.8, 4) is 0 Å². The van der Waals surface area contributed by atoms with Gasteiger partial charge in [0, 0.05) is 26.9 Å². The van der Waals surface area contributed by atoms with Crippen LogP contribution in [0.5, 0.6) is 0 Å². The van der Waals surface area contributed by atoms with Crippen LogP contribution in [0.3, 0.4) is 0 Å². The van der Waals surface area contributed by atoms with Gasteiger partial charge in [0.2, 0.25) is 23.3 Å². The minimum atomic E-state index is -1.82. The SMILES string of the molecule is CC(=O)N[C@H]1[C@H]([C@H](OC(=O)NCCc2cccc(CCNC(=O)O[C@@H]([C@@H]3OC(C(=O)O)=C[C@H](N=C(N)N)[C@H]3NC(C)=O)[C@H](O)CO)c2)[C@H](O)CO)OC(C(=O)O)=C[C@@H]1N=C(N)N. The van der Waals surface area contributed by atoms with Crippen molar-refractivity contribution in [3.05, 3.63) is 59.1 Å². The first-order chi connectivity index (χ1) is 29.2. The molecule has 0 spiro atoms. The Kier molecular flexibility index (Phi) is 18.5. The van der Waals surface area contributed by atoms with Gasteiger partial charge in [0.05, 0.1) is 37.4 Å². The number of aliphatic imine (C=N–C) groups is 2. The maximum absolute atomic E-state index is 13.0. The molecule has 3 rings (SSSR count). The number of carboxylic acids is 2. The number of nitrogens with zero attached hydrogens (tertiary/aromatic N) is 2. The zero-order valence-electron chi connectivity index (χ0n) is 33.4. The first-order valence-corrected chi connectivity index (χ1v) is 18.7. The molecule has 0 radical (unpaired) electrons. The number of rotatable bonds is 20. The van der Waals surface area contributed by atoms with E-state index in [0.717, 1.165) is 26.0 Å². The monoisotopic (exact) mass is 880 g/mol. The molecule has 2 heterocycles. The Morgan fingerprint density at radius 1 is 0.694 bits per heavy atom. The van der Waals surface area contributed by atoms with E-state index in [-0.39, 0.29) is 25.9 Å². The highest BCUT2D eigenvalue weighted by Gasteiger charge is 2.48. The molecule has 26 heteroatoms. The molecule has 0 saturated heterocycles. The third-order valence-electron chi connectivity index (χ3n) is 9.00. The minimum absolute atomic E-state index is 0.0353. The van der Waals surface area contributed by atoms with Crippen molar-refractivity contribution < 1.29 is 78.4 Å². The van der Waals surface area contributed by atoms with E-state index in [1.54, 1.807) is 24.3 Å². The van der Waals surface area contributed by atoms with E-state index in [0.29, 0.717) is 11.1 Å². The normalized spacial score (nSPS) is 22.4. The highest BCUT2D eigenvalue weighted by Crippen LogP contribution is 2.28. The molecular formula is C36H52N10O16. The van der Waals surface area contributed by atoms with Crippen LogP contribution in [0.2, 0.25) is 0 Å². The van der Waals surface area contributed by atoms with E-state index in [9.17, 15) is 59.4 Å². The number of hydrogen-bond donors (Lipinski definition) is 14. The summed E-state index contributed by atoms with van der Waals surface area (Å²) in [6.07, 6.45) is -10.1. The summed E-state index contributed by atoms with van der Waals surface area (Å²) < 4.78 is 21.8. The topological polar surface area (TPSA) is 438 Å². The Bertz CT molecular complexity index is 1770. The number of amides is 4. The lowest BCUT2D eigenvalue weighted by atomic mass is 9.92. The van der Waals surface area contributed by atoms with Crippen LogP contribution in [0.4, 0.5) is 9.59 Å². The van der Waals surface area contributed by atoms with Gasteiger partial charge in [-0.05, 0) is 36.1 Å². The quantitative estimate of drug-likeness (QED) is 0.0429. The molecule has 342 valence electrons. The number of carboxylic acid groups (broad SMARTS) is 2. The fourth-order valence-electron chi connectivity index (χ4n) is 6.42. The number of ether oxygens (including phenoxy) is 4. The van der Waals surface area contributed by atoms with Crippen LogP contribution >= 0.6 is 0 Å². The number of aliphatic hydroxyl groups is 4. The van der Waals surface area contributed by atoms with Gasteiger partial charge < -0.3 is 93.8 Å². The van der Waals surface area contributed by atoms with Gasteiger partial charge in [0.15, 0.2) is 36.3 Å². The number of carbonyl (C=O) groups excluding carboxylic acids is 4. The second kappa shape index (κ2) is 23.2. The highest BCUT2D eigenvalue weighted by molar-refractivity contribution is 5.86. The molecule has 18 N–H and O–H groups in total. The van der Waals surface area contributed by atoms with E-state index in [4.69, 9.17) is 41.9 Å². The number of carbonyl (C=O) groups is 6. The lowest BCUT2D eigenvalue weighted by Crippen LogP contribution is -2.61. The van der Waals surface area contributed by atoms with Gasteiger partial charge >= 0.3 is 24.1 Å². The molecule has 0 aliphatic carbocycles. The number of nitrogens with two attached hydrogens (primary N) is 4. The summed E-state index contributed by atoms with van der Waals surface area (Å²) in [6, 6.07) is 1.91. The fraction of sp³-hybridized carbons (Fsp3) is 0.500. The largest absolute Gasteiger partial charge is 0.477 e. The summed E-state index contributed by atoms with van der Waals surface area (Å²) in [5, 5.41) is 70.0. The Morgan fingerprint density at radius 3 is 1.37 bits per heavy atom. The van der Waals surface area contributed by atoms with Gasteiger partial charge in [0.1, 0.15) is 12.2 Å². The van der Waals surface area contributed by atoms with Gasteiger partial charge in [-0.2, -0.15) is 0 Å². The summed E-state index contributed by atoms with van der Waals surface area (Å²) in [4.78, 5) is 81.7. The maximum Gasteiger partial charge on any atom is 0.407 e. The minimum Gasteiger partial charge on any atom is -0.477 e. The van der Waals surface area contributed by atoms with Crippen LogP contribution in [0.1, 0.15) is 25.0 Å². The van der Waals surface area contributed by atoms with Crippen molar-refractivity contribution in [3.63, 3.8) is 0 Å². The molecule has 0 aromatic heterocycles. The molecule has 2 aliphatic rings. The zero-order valence-corrected chi connectivity index (χ0v) is 33.4. The number of nitrogens with one attached hydrogen (secondary N) is 4. The van der Waals surface area contributed by atoms with E-state index >= 15 is 0 Å². The molecule has 1 aromatic carbocycles. The molecule has 62 heavy (non-hydrogen) atoms. The number of aliphatic carboxylic acids is 2. The molecular weight excluding hydrogens is 828 g/mol. The van der Waals surface area contributed by atoms with Crippen molar-refractivity contribution in [1.29, 1.82) is 0 Å². The van der Waals surface area contributed by atoms with E-state index in [1.165, 1.54) is 0 Å². The van der Waals surface area contributed by atoms with Crippen LogP contribution < -0.4 is 44.2 Å². The molecule has 10 atom stereocenters. The van der Waals surface area contributed by atoms with Crippen LogP contribution in [-0.2, 0) is 51.0 Å². The molecule has 26 nitrogen and oxygen atoms in total. The summed E-state index contributed by atoms with van der Waals surface area (Å²) in [7, 11) is 0. The Balaban J connectivity index is 1.65. The third kappa shape index (κ3) is 14.7. The van der Waals surface area contributed by atoms with E-state index < -0.39 is 133 Å². The predicted octanol–water partition coefficient (Wildman–Crippen LogP) is -5.30. The van der Waals surface area contributed by atoms with Gasteiger partial charge in [0.25, 0.3) is 0 Å². The molecule has 0 unspecified atom stereocenters. The number of aliphatic hydroxyl groups excluding tert-OH is 4. The first kappa shape index (κ1) is 49.5. The van der Waals surface area contributed by atoms with Crippen LogP contribution in [0, 0.1) is 0 Å². The Labute approximate surface area is 353 Å². The summed E-state index contributed by atoms with van der Waals surface area (Å²) >= 11 is 0. The van der Waals surface area contributed by atoms with Crippen molar-refractivity contribution in [1.82, 2.24) is 21.3 Å². The number of hydrogen-bond acceptors (Lipinski definition) is 16. The average molecular weight is 881 g/mol. The zero-order chi connectivity index (χ0) is 46.3. The smallest absolute Gasteiger partial charge is 0.407 e. The number of alkyl carbamates (subject to hydrolysis) is 2. The molecule has 0 bridgehead atoms. The van der Waals surface area contributed by atoms with Gasteiger partial charge in [-0.25, -0.2) is 29.2 Å². The lowest BCUT2D eigenvalue weighted by molar-refractivity contribution is -0.147. The third-order valence-corrected chi connectivity index (χ3v) is 9.00. The maximum atomic E-state index is 13.0. The summed E-state index contributed by atoms with van der Waals surface area (Å²) in [5.41, 5.74) is 23.4. The average Bonchev–Trinajstić information content (AvgIpc) is 3.19. The molecule has 4 amide bonds. The van der Waals surface area contributed by atoms with Gasteiger partial charge in [-0.15, -0.1) is 0 Å². The Hall–Kier alpha value is -6.90. The molecule has 1 aromatic rings. The number of benzene rings is 1. The molecule has 2 aliphatic heterocycles. The number of guanidine groups is 2. The van der Waals surface area contributed by atoms with Gasteiger partial charge in [-0.1, -0.05) is 24.3 Å². The van der Waals surface area contributed by atoms with Crippen molar-refractivity contribution >= 4 is 47.9 Å². The standard InChI is InChI=1S/C36H52N10O16/c1-15(49)43-25-19(45-33(37)38)11-23(31(53)54)59-29(25)27(21(51)13-47)61-35(57)41-8-6-17-4-3-5-18(10-17)7-9-42-36(58)62-28(22(52)14-48)30-26(44-16(2)50)20(46-34(39)40)12-24(60-30)32(55)56/h3-5,10-12,19-22,25-30,47-48,51-52H,6-9,13-14H2,1-2H3,(H,41,57)(H,42,58)(H,43,49)(H,44,50)(H,53,54)(H,55,56)(H4,37,38,45)(H4,39,40,46)/t19-,20-,21+,22+,25+,26+,27+,28+,29+,30+/m0/s1. The Morgan fingerprint density at radius 2 is 1.06 bits per heavy atom. The van der Waals surface area contributed by atoms with Crippen LogP contribution in [0.25, 0.3) is 0 Å². The summed E-state index contributed by atoms with van der Waals surface area (Å²) in [6.45, 7) is 0.276. The highest BCUT2D eigenvalue weighted by atomic mass is 16.6. The van der Waals surface area contributed by atoms with Crippen molar-refractivity contribution in [2.75, 3.05) is 26.3 Å². The second-order valence-corrected chi connectivity index (χ2v) is 13.8. The van der Waals surface area contributed by atoms with Crippen LogP contribution in [-0.4, -0.2) is 166 Å². The molecule has 0 fully saturated rings. The second-order valence-electron chi connectivity index (χ2n) is 13.8. The fourth-order valence-corrected chi connectivity index (χ4v) is 6.42.